The summed E-state index contributed by atoms with van der Waals surface area (Å²) in [5.74, 6) is -0.537. The SMILES string of the molecule is COC(=O)[C@]1(NC(=O)c2ccccc2)[C@H](c2ccccc2)[C@H]1c1ccc(OC)cc1. The van der Waals surface area contributed by atoms with Crippen molar-refractivity contribution in [3.8, 4) is 5.75 Å². The summed E-state index contributed by atoms with van der Waals surface area (Å²) in [5, 5.41) is 3.02. The first-order valence-corrected chi connectivity index (χ1v) is 9.76. The third kappa shape index (κ3) is 3.32. The second-order valence-corrected chi connectivity index (χ2v) is 7.32. The van der Waals surface area contributed by atoms with E-state index in [1.807, 2.05) is 60.7 Å². The molecule has 4 rings (SSSR count). The van der Waals surface area contributed by atoms with Crippen LogP contribution in [0.4, 0.5) is 0 Å². The van der Waals surface area contributed by atoms with Gasteiger partial charge in [-0.15, -0.1) is 0 Å². The van der Waals surface area contributed by atoms with Gasteiger partial charge >= 0.3 is 5.97 Å². The van der Waals surface area contributed by atoms with Crippen LogP contribution >= 0.6 is 0 Å². The largest absolute Gasteiger partial charge is 0.497 e. The average Bonchev–Trinajstić information content (AvgIpc) is 3.48. The van der Waals surface area contributed by atoms with E-state index in [1.54, 1.807) is 31.4 Å². The number of nitrogens with one attached hydrogen (secondary N) is 1. The summed E-state index contributed by atoms with van der Waals surface area (Å²) in [7, 11) is 2.96. The van der Waals surface area contributed by atoms with Crippen LogP contribution in [-0.2, 0) is 9.53 Å². The summed E-state index contributed by atoms with van der Waals surface area (Å²) in [6.07, 6.45) is 0. The quantitative estimate of drug-likeness (QED) is 0.636. The van der Waals surface area contributed by atoms with E-state index in [0.29, 0.717) is 5.56 Å². The number of carbonyl (C=O) groups excluding carboxylic acids is 2. The van der Waals surface area contributed by atoms with Crippen molar-refractivity contribution in [1.82, 2.24) is 5.32 Å². The minimum atomic E-state index is -1.18. The van der Waals surface area contributed by atoms with Crippen LogP contribution in [0.3, 0.4) is 0 Å². The smallest absolute Gasteiger partial charge is 0.332 e. The van der Waals surface area contributed by atoms with E-state index in [-0.39, 0.29) is 17.7 Å². The van der Waals surface area contributed by atoms with E-state index in [0.717, 1.165) is 16.9 Å². The van der Waals surface area contributed by atoms with Gasteiger partial charge in [0.2, 0.25) is 0 Å². The van der Waals surface area contributed by atoms with E-state index < -0.39 is 11.5 Å². The highest BCUT2D eigenvalue weighted by Crippen LogP contribution is 2.64. The van der Waals surface area contributed by atoms with Gasteiger partial charge in [0.1, 0.15) is 5.75 Å². The Labute approximate surface area is 175 Å². The first kappa shape index (κ1) is 19.7. The molecule has 3 aromatic carbocycles. The number of ether oxygens (including phenoxy) is 2. The zero-order valence-electron chi connectivity index (χ0n) is 16.9. The molecular formula is C25H23NO4. The average molecular weight is 401 g/mol. The lowest BCUT2D eigenvalue weighted by atomic mass is 10.0. The molecule has 30 heavy (non-hydrogen) atoms. The number of esters is 1. The van der Waals surface area contributed by atoms with Gasteiger partial charge in [0.05, 0.1) is 14.2 Å². The zero-order chi connectivity index (χ0) is 21.1. The highest BCUT2D eigenvalue weighted by Gasteiger charge is 2.72. The summed E-state index contributed by atoms with van der Waals surface area (Å²) in [5.41, 5.74) is 1.21. The van der Waals surface area contributed by atoms with Gasteiger partial charge < -0.3 is 14.8 Å². The van der Waals surface area contributed by atoms with Gasteiger partial charge in [-0.25, -0.2) is 4.79 Å². The lowest BCUT2D eigenvalue weighted by Crippen LogP contribution is -2.46. The normalized spacial score (nSPS) is 22.1. The lowest BCUT2D eigenvalue weighted by Gasteiger charge is -2.18. The molecule has 1 saturated carbocycles. The third-order valence-corrected chi connectivity index (χ3v) is 5.72. The Morgan fingerprint density at radius 2 is 1.30 bits per heavy atom. The van der Waals surface area contributed by atoms with Crippen molar-refractivity contribution in [3.05, 3.63) is 102 Å². The lowest BCUT2D eigenvalue weighted by molar-refractivity contribution is -0.144. The van der Waals surface area contributed by atoms with Crippen molar-refractivity contribution < 1.29 is 19.1 Å². The van der Waals surface area contributed by atoms with Crippen LogP contribution in [0.15, 0.2) is 84.9 Å². The van der Waals surface area contributed by atoms with Gasteiger partial charge in [-0.05, 0) is 35.4 Å². The molecule has 1 aliphatic carbocycles. The van der Waals surface area contributed by atoms with Gasteiger partial charge in [0.15, 0.2) is 5.54 Å². The van der Waals surface area contributed by atoms with Crippen LogP contribution in [0.1, 0.15) is 33.3 Å². The fraction of sp³-hybridized carbons (Fsp3) is 0.200. The fourth-order valence-corrected chi connectivity index (χ4v) is 4.25. The standard InChI is InChI=1S/C25H23NO4/c1-29-20-15-13-18(14-16-20)22-21(17-9-5-3-6-10-17)25(22,24(28)30-2)26-23(27)19-11-7-4-8-12-19/h3-16,21-22H,1-2H3,(H,26,27)/t21-,22-,25+/m1/s1. The van der Waals surface area contributed by atoms with Crippen LogP contribution < -0.4 is 10.1 Å². The molecule has 3 atom stereocenters. The Morgan fingerprint density at radius 3 is 1.83 bits per heavy atom. The van der Waals surface area contributed by atoms with Gasteiger partial charge in [-0.2, -0.15) is 0 Å². The first-order valence-electron chi connectivity index (χ1n) is 9.76. The zero-order valence-corrected chi connectivity index (χ0v) is 16.9. The molecule has 1 aliphatic rings. The van der Waals surface area contributed by atoms with Gasteiger partial charge in [0, 0.05) is 17.4 Å². The van der Waals surface area contributed by atoms with Gasteiger partial charge in [-0.1, -0.05) is 60.7 Å². The molecular weight excluding hydrogens is 378 g/mol. The van der Waals surface area contributed by atoms with Crippen LogP contribution in [-0.4, -0.2) is 31.6 Å². The molecule has 5 nitrogen and oxygen atoms in total. The molecule has 152 valence electrons. The van der Waals surface area contributed by atoms with Crippen molar-refractivity contribution >= 4 is 11.9 Å². The Bertz CT molecular complexity index is 1030. The molecule has 0 spiro atoms. The summed E-state index contributed by atoms with van der Waals surface area (Å²) in [4.78, 5) is 26.1. The van der Waals surface area contributed by atoms with Crippen molar-refractivity contribution in [3.63, 3.8) is 0 Å². The minimum Gasteiger partial charge on any atom is -0.497 e. The molecule has 1 fully saturated rings. The highest BCUT2D eigenvalue weighted by molar-refractivity contribution is 6.01. The number of benzene rings is 3. The van der Waals surface area contributed by atoms with Crippen LogP contribution in [0.2, 0.25) is 0 Å². The van der Waals surface area contributed by atoms with Crippen molar-refractivity contribution in [2.24, 2.45) is 0 Å². The molecule has 1 amide bonds. The third-order valence-electron chi connectivity index (χ3n) is 5.72. The topological polar surface area (TPSA) is 64.6 Å². The second kappa shape index (κ2) is 8.03. The molecule has 0 saturated heterocycles. The molecule has 5 heteroatoms. The van der Waals surface area contributed by atoms with E-state index in [2.05, 4.69) is 5.32 Å². The summed E-state index contributed by atoms with van der Waals surface area (Å²) < 4.78 is 10.4. The Kier molecular flexibility index (Phi) is 5.27. The maximum Gasteiger partial charge on any atom is 0.332 e. The number of methoxy groups -OCH3 is 2. The Hall–Kier alpha value is -3.60. The second-order valence-electron chi connectivity index (χ2n) is 7.32. The van der Waals surface area contributed by atoms with E-state index in [1.165, 1.54) is 7.11 Å². The number of rotatable bonds is 6. The molecule has 0 bridgehead atoms. The summed E-state index contributed by atoms with van der Waals surface area (Å²) in [6, 6.07) is 26.2. The fourth-order valence-electron chi connectivity index (χ4n) is 4.25. The predicted molar refractivity (Wildman–Crippen MR) is 114 cm³/mol. The number of carbonyl (C=O) groups is 2. The maximum absolute atomic E-state index is 13.1. The molecule has 0 aromatic heterocycles. The van der Waals surface area contributed by atoms with E-state index in [9.17, 15) is 9.59 Å². The first-order chi connectivity index (χ1) is 14.6. The molecule has 1 N–H and O–H groups in total. The van der Waals surface area contributed by atoms with Crippen molar-refractivity contribution in [2.45, 2.75) is 17.4 Å². The van der Waals surface area contributed by atoms with Crippen molar-refractivity contribution in [1.29, 1.82) is 0 Å². The molecule has 0 unspecified atom stereocenters. The summed E-state index contributed by atoms with van der Waals surface area (Å²) >= 11 is 0. The van der Waals surface area contributed by atoms with Crippen LogP contribution in [0.5, 0.6) is 5.75 Å². The van der Waals surface area contributed by atoms with Crippen molar-refractivity contribution in [2.75, 3.05) is 14.2 Å². The van der Waals surface area contributed by atoms with Crippen LogP contribution in [0.25, 0.3) is 0 Å². The summed E-state index contributed by atoms with van der Waals surface area (Å²) in [6.45, 7) is 0. The van der Waals surface area contributed by atoms with E-state index >= 15 is 0 Å². The minimum absolute atomic E-state index is 0.243. The predicted octanol–water partition coefficient (Wildman–Crippen LogP) is 3.92. The highest BCUT2D eigenvalue weighted by atomic mass is 16.5. The van der Waals surface area contributed by atoms with Gasteiger partial charge in [0.25, 0.3) is 5.91 Å². The van der Waals surface area contributed by atoms with E-state index in [4.69, 9.17) is 9.47 Å². The van der Waals surface area contributed by atoms with Crippen LogP contribution in [0, 0.1) is 0 Å². The maximum atomic E-state index is 13.1. The number of hydrogen-bond donors (Lipinski definition) is 1. The van der Waals surface area contributed by atoms with Gasteiger partial charge in [-0.3, -0.25) is 4.79 Å². The number of hydrogen-bond acceptors (Lipinski definition) is 4. The Balaban J connectivity index is 1.78. The molecule has 3 aromatic rings. The molecule has 0 aliphatic heterocycles. The monoisotopic (exact) mass is 401 g/mol. The number of amides is 1. The Morgan fingerprint density at radius 1 is 0.767 bits per heavy atom. The molecule has 0 radical (unpaired) electrons. The molecule has 0 heterocycles.